The van der Waals surface area contributed by atoms with Gasteiger partial charge in [-0.1, -0.05) is 35.9 Å². The molecule has 0 atom stereocenters. The van der Waals surface area contributed by atoms with Crippen molar-refractivity contribution in [1.82, 2.24) is 0 Å². The van der Waals surface area contributed by atoms with E-state index >= 15 is 0 Å². The topological polar surface area (TPSA) is 66.4 Å². The first kappa shape index (κ1) is 16.0. The molecule has 2 aromatic rings. The Kier molecular flexibility index (Phi) is 5.55. The fourth-order valence-electron chi connectivity index (χ4n) is 2.00. The Morgan fingerprint density at radius 1 is 0.955 bits per heavy atom. The smallest absolute Gasteiger partial charge is 0.303 e. The lowest BCUT2D eigenvalue weighted by Gasteiger charge is -2.06. The minimum atomic E-state index is -0.819. The summed E-state index contributed by atoms with van der Waals surface area (Å²) in [6.45, 7) is 0. The van der Waals surface area contributed by atoms with Crippen LogP contribution in [0.2, 0.25) is 5.02 Å². The Balaban J connectivity index is 1.88. The molecule has 114 valence electrons. The fourth-order valence-corrected chi connectivity index (χ4v) is 2.12. The molecular formula is C17H16ClNO3. The average Bonchev–Trinajstić information content (AvgIpc) is 2.49. The highest BCUT2D eigenvalue weighted by Gasteiger charge is 2.05. The molecule has 1 amide bonds. The highest BCUT2D eigenvalue weighted by molar-refractivity contribution is 6.30. The number of carboxylic acid groups (broad SMARTS) is 1. The van der Waals surface area contributed by atoms with E-state index in [1.54, 1.807) is 24.3 Å². The molecule has 0 spiro atoms. The van der Waals surface area contributed by atoms with Crippen molar-refractivity contribution < 1.29 is 14.7 Å². The Morgan fingerprint density at radius 3 is 2.14 bits per heavy atom. The zero-order valence-electron chi connectivity index (χ0n) is 11.9. The number of benzene rings is 2. The minimum absolute atomic E-state index is 0.0995. The van der Waals surface area contributed by atoms with Crippen LogP contribution in [0.3, 0.4) is 0 Å². The van der Waals surface area contributed by atoms with Gasteiger partial charge in [0.2, 0.25) is 5.91 Å². The predicted octanol–water partition coefficient (Wildman–Crippen LogP) is 3.54. The van der Waals surface area contributed by atoms with Gasteiger partial charge >= 0.3 is 5.97 Å². The van der Waals surface area contributed by atoms with Gasteiger partial charge in [-0.2, -0.15) is 0 Å². The number of amides is 1. The van der Waals surface area contributed by atoms with Gasteiger partial charge in [-0.25, -0.2) is 0 Å². The maximum Gasteiger partial charge on any atom is 0.303 e. The number of hydrogen-bond donors (Lipinski definition) is 2. The second kappa shape index (κ2) is 7.61. The summed E-state index contributed by atoms with van der Waals surface area (Å²) in [6, 6.07) is 14.3. The summed E-state index contributed by atoms with van der Waals surface area (Å²) in [5.41, 5.74) is 2.51. The molecule has 0 aliphatic carbocycles. The maximum absolute atomic E-state index is 11.9. The molecule has 2 rings (SSSR count). The zero-order chi connectivity index (χ0) is 15.9. The molecule has 0 aliphatic rings. The van der Waals surface area contributed by atoms with Crippen LogP contribution < -0.4 is 5.32 Å². The second-order valence-corrected chi connectivity index (χ2v) is 5.38. The van der Waals surface area contributed by atoms with Gasteiger partial charge in [-0.3, -0.25) is 9.59 Å². The highest BCUT2D eigenvalue weighted by Crippen LogP contribution is 2.13. The second-order valence-electron chi connectivity index (χ2n) is 4.94. The van der Waals surface area contributed by atoms with E-state index in [4.69, 9.17) is 16.7 Å². The number of carboxylic acids is 1. The van der Waals surface area contributed by atoms with Crippen LogP contribution in [-0.2, 0) is 22.4 Å². The molecule has 4 nitrogen and oxygen atoms in total. The summed E-state index contributed by atoms with van der Waals surface area (Å²) in [4.78, 5) is 22.5. The quantitative estimate of drug-likeness (QED) is 0.856. The van der Waals surface area contributed by atoms with Crippen LogP contribution in [0.15, 0.2) is 48.5 Å². The lowest BCUT2D eigenvalue weighted by molar-refractivity contribution is -0.137. The summed E-state index contributed by atoms with van der Waals surface area (Å²) in [7, 11) is 0. The lowest BCUT2D eigenvalue weighted by Crippen LogP contribution is -2.14. The van der Waals surface area contributed by atoms with E-state index in [1.807, 2.05) is 24.3 Å². The maximum atomic E-state index is 11.9. The first-order valence-corrected chi connectivity index (χ1v) is 7.26. The lowest BCUT2D eigenvalue weighted by atomic mass is 10.1. The Hall–Kier alpha value is -2.33. The number of nitrogens with one attached hydrogen (secondary N) is 1. The average molecular weight is 318 g/mol. The highest BCUT2D eigenvalue weighted by atomic mass is 35.5. The van der Waals surface area contributed by atoms with Gasteiger partial charge in [0.05, 0.1) is 6.42 Å². The van der Waals surface area contributed by atoms with Gasteiger partial charge in [-0.05, 0) is 41.8 Å². The molecule has 0 saturated heterocycles. The van der Waals surface area contributed by atoms with E-state index in [2.05, 4.69) is 5.32 Å². The molecule has 0 aliphatic heterocycles. The summed E-state index contributed by atoms with van der Waals surface area (Å²) in [5.74, 6) is -0.930. The summed E-state index contributed by atoms with van der Waals surface area (Å²) >= 11 is 5.80. The van der Waals surface area contributed by atoms with Crippen molar-refractivity contribution in [1.29, 1.82) is 0 Å². The molecule has 0 aromatic heterocycles. The van der Waals surface area contributed by atoms with Gasteiger partial charge < -0.3 is 10.4 Å². The fraction of sp³-hybridized carbons (Fsp3) is 0.176. The third kappa shape index (κ3) is 5.22. The largest absolute Gasteiger partial charge is 0.481 e. The van der Waals surface area contributed by atoms with Crippen LogP contribution in [0.25, 0.3) is 0 Å². The van der Waals surface area contributed by atoms with E-state index in [1.165, 1.54) is 0 Å². The van der Waals surface area contributed by atoms with Crippen LogP contribution >= 0.6 is 11.6 Å². The van der Waals surface area contributed by atoms with Gasteiger partial charge in [0.1, 0.15) is 0 Å². The van der Waals surface area contributed by atoms with Crippen molar-refractivity contribution in [3.8, 4) is 0 Å². The molecule has 0 fully saturated rings. The number of carbonyl (C=O) groups excluding carboxylic acids is 1. The molecular weight excluding hydrogens is 302 g/mol. The zero-order valence-corrected chi connectivity index (χ0v) is 12.6. The first-order chi connectivity index (χ1) is 10.5. The number of rotatable bonds is 6. The Morgan fingerprint density at radius 2 is 1.55 bits per heavy atom. The Labute approximate surface area is 133 Å². The normalized spacial score (nSPS) is 10.2. The number of anilines is 1. The van der Waals surface area contributed by atoms with Crippen molar-refractivity contribution in [3.05, 3.63) is 64.7 Å². The van der Waals surface area contributed by atoms with Crippen molar-refractivity contribution >= 4 is 29.2 Å². The number of hydrogen-bond acceptors (Lipinski definition) is 2. The molecule has 0 heterocycles. The number of carbonyl (C=O) groups is 2. The van der Waals surface area contributed by atoms with Crippen molar-refractivity contribution in [2.45, 2.75) is 19.3 Å². The third-order valence-corrected chi connectivity index (χ3v) is 3.40. The van der Waals surface area contributed by atoms with E-state index in [0.29, 0.717) is 17.1 Å². The molecule has 0 unspecified atom stereocenters. The van der Waals surface area contributed by atoms with E-state index in [-0.39, 0.29) is 18.7 Å². The number of halogens is 1. The van der Waals surface area contributed by atoms with Crippen LogP contribution in [0.4, 0.5) is 5.69 Å². The third-order valence-electron chi connectivity index (χ3n) is 3.14. The van der Waals surface area contributed by atoms with Crippen LogP contribution in [0.1, 0.15) is 17.5 Å². The van der Waals surface area contributed by atoms with Crippen molar-refractivity contribution in [2.24, 2.45) is 0 Å². The number of aliphatic carboxylic acids is 1. The molecule has 2 aromatic carbocycles. The molecule has 2 N–H and O–H groups in total. The van der Waals surface area contributed by atoms with Crippen LogP contribution in [0, 0.1) is 0 Å². The summed E-state index contributed by atoms with van der Waals surface area (Å²) in [6.07, 6.45) is 0.856. The minimum Gasteiger partial charge on any atom is -0.481 e. The Bertz CT molecular complexity index is 651. The van der Waals surface area contributed by atoms with Crippen LogP contribution in [-0.4, -0.2) is 17.0 Å². The molecule has 0 bridgehead atoms. The molecule has 5 heteroatoms. The van der Waals surface area contributed by atoms with E-state index < -0.39 is 5.97 Å². The predicted molar refractivity (Wildman–Crippen MR) is 86.2 cm³/mol. The van der Waals surface area contributed by atoms with Gasteiger partial charge in [0.25, 0.3) is 0 Å². The molecule has 0 radical (unpaired) electrons. The first-order valence-electron chi connectivity index (χ1n) is 6.88. The number of aryl methyl sites for hydroxylation is 1. The van der Waals surface area contributed by atoms with Crippen molar-refractivity contribution in [2.75, 3.05) is 5.32 Å². The summed E-state index contributed by atoms with van der Waals surface area (Å²) < 4.78 is 0. The SMILES string of the molecule is O=C(O)CCc1ccc(NC(=O)Cc2ccc(Cl)cc2)cc1. The standard InChI is InChI=1S/C17H16ClNO3/c18-14-6-1-13(2-7-14)11-16(20)19-15-8-3-12(4-9-15)5-10-17(21)22/h1-4,6-9H,5,10-11H2,(H,19,20)(H,21,22). The molecule has 22 heavy (non-hydrogen) atoms. The van der Waals surface area contributed by atoms with Gasteiger partial charge in [-0.15, -0.1) is 0 Å². The van der Waals surface area contributed by atoms with Crippen LogP contribution in [0.5, 0.6) is 0 Å². The van der Waals surface area contributed by atoms with Gasteiger partial charge in [0, 0.05) is 17.1 Å². The van der Waals surface area contributed by atoms with Crippen molar-refractivity contribution in [3.63, 3.8) is 0 Å². The van der Waals surface area contributed by atoms with Gasteiger partial charge in [0.15, 0.2) is 0 Å². The van der Waals surface area contributed by atoms with E-state index in [9.17, 15) is 9.59 Å². The monoisotopic (exact) mass is 317 g/mol. The summed E-state index contributed by atoms with van der Waals surface area (Å²) in [5, 5.41) is 12.1. The molecule has 0 saturated carbocycles. The van der Waals surface area contributed by atoms with E-state index in [0.717, 1.165) is 11.1 Å².